The molecular weight excluding hydrogens is 222 g/mol. The summed E-state index contributed by atoms with van der Waals surface area (Å²) >= 11 is 5.82. The van der Waals surface area contributed by atoms with Crippen molar-refractivity contribution in [3.63, 3.8) is 0 Å². The number of hydrogen-bond donors (Lipinski definition) is 1. The van der Waals surface area contributed by atoms with Gasteiger partial charge in [0.15, 0.2) is 0 Å². The molecule has 82 valence electrons. The molecule has 0 amide bonds. The highest BCUT2D eigenvalue weighted by atomic mass is 35.5. The average molecular weight is 234 g/mol. The van der Waals surface area contributed by atoms with Crippen LogP contribution >= 0.6 is 11.6 Å². The van der Waals surface area contributed by atoms with Gasteiger partial charge in [0.25, 0.3) is 0 Å². The van der Waals surface area contributed by atoms with Gasteiger partial charge >= 0.3 is 0 Å². The van der Waals surface area contributed by atoms with Crippen molar-refractivity contribution < 1.29 is 0 Å². The van der Waals surface area contributed by atoms with Crippen LogP contribution in [-0.4, -0.2) is 9.78 Å². The fourth-order valence-corrected chi connectivity index (χ4v) is 1.95. The number of halogens is 1. The maximum Gasteiger partial charge on any atom is 0.0790 e. The molecule has 1 aliphatic rings. The second-order valence-electron chi connectivity index (χ2n) is 4.31. The van der Waals surface area contributed by atoms with Gasteiger partial charge in [0, 0.05) is 11.7 Å². The molecule has 2 N–H and O–H groups in total. The van der Waals surface area contributed by atoms with Crippen molar-refractivity contribution in [3.8, 4) is 5.69 Å². The van der Waals surface area contributed by atoms with E-state index in [1.165, 1.54) is 5.56 Å². The lowest BCUT2D eigenvalue weighted by Crippen LogP contribution is -2.18. The van der Waals surface area contributed by atoms with Gasteiger partial charge in [-0.1, -0.05) is 23.7 Å². The van der Waals surface area contributed by atoms with Gasteiger partial charge in [-0.05, 0) is 30.5 Å². The van der Waals surface area contributed by atoms with E-state index in [1.54, 1.807) is 17.1 Å². The van der Waals surface area contributed by atoms with Gasteiger partial charge in [-0.3, -0.25) is 0 Å². The van der Waals surface area contributed by atoms with Crippen LogP contribution in [0.2, 0.25) is 5.02 Å². The van der Waals surface area contributed by atoms with E-state index in [4.69, 9.17) is 17.3 Å². The Balaban J connectivity index is 1.93. The highest BCUT2D eigenvalue weighted by Crippen LogP contribution is 2.42. The normalized spacial score (nSPS) is 17.4. The molecule has 1 aromatic carbocycles. The summed E-state index contributed by atoms with van der Waals surface area (Å²) in [7, 11) is 0. The van der Waals surface area contributed by atoms with Crippen molar-refractivity contribution in [2.24, 2.45) is 5.73 Å². The summed E-state index contributed by atoms with van der Waals surface area (Å²) in [4.78, 5) is 0. The molecule has 3 nitrogen and oxygen atoms in total. The Morgan fingerprint density at radius 2 is 1.94 bits per heavy atom. The predicted molar refractivity (Wildman–Crippen MR) is 63.7 cm³/mol. The Hall–Kier alpha value is -1.32. The molecular formula is C12H12ClN3. The summed E-state index contributed by atoms with van der Waals surface area (Å²) in [6.45, 7) is 0. The summed E-state index contributed by atoms with van der Waals surface area (Å²) in [5.74, 6) is 0. The lowest BCUT2D eigenvalue weighted by molar-refractivity contribution is 0.739. The van der Waals surface area contributed by atoms with Gasteiger partial charge in [0.05, 0.1) is 16.9 Å². The molecule has 0 saturated heterocycles. The maximum absolute atomic E-state index is 6.12. The molecule has 16 heavy (non-hydrogen) atoms. The number of aromatic nitrogens is 2. The third-order valence-electron chi connectivity index (χ3n) is 3.05. The molecule has 1 aromatic heterocycles. The zero-order valence-corrected chi connectivity index (χ0v) is 9.48. The van der Waals surface area contributed by atoms with Crippen LogP contribution in [0.15, 0.2) is 36.7 Å². The molecule has 1 aliphatic carbocycles. The molecule has 3 rings (SSSR count). The summed E-state index contributed by atoms with van der Waals surface area (Å²) < 4.78 is 1.75. The lowest BCUT2D eigenvalue weighted by Gasteiger charge is -2.09. The van der Waals surface area contributed by atoms with Crippen molar-refractivity contribution in [1.82, 2.24) is 9.78 Å². The first-order chi connectivity index (χ1) is 7.67. The Morgan fingerprint density at radius 3 is 2.44 bits per heavy atom. The first-order valence-corrected chi connectivity index (χ1v) is 5.65. The first kappa shape index (κ1) is 9.87. The highest BCUT2D eigenvalue weighted by molar-refractivity contribution is 6.30. The van der Waals surface area contributed by atoms with Crippen LogP contribution in [0.5, 0.6) is 0 Å². The molecule has 1 fully saturated rings. The number of rotatable bonds is 2. The van der Waals surface area contributed by atoms with Crippen LogP contribution in [-0.2, 0) is 5.54 Å². The number of nitrogens with zero attached hydrogens (tertiary/aromatic N) is 2. The van der Waals surface area contributed by atoms with E-state index in [2.05, 4.69) is 17.2 Å². The van der Waals surface area contributed by atoms with Gasteiger partial charge in [0.1, 0.15) is 0 Å². The van der Waals surface area contributed by atoms with E-state index in [9.17, 15) is 0 Å². The van der Waals surface area contributed by atoms with Crippen molar-refractivity contribution in [2.75, 3.05) is 0 Å². The van der Waals surface area contributed by atoms with E-state index < -0.39 is 0 Å². The fourth-order valence-electron chi connectivity index (χ4n) is 1.81. The quantitative estimate of drug-likeness (QED) is 0.866. The molecule has 0 unspecified atom stereocenters. The SMILES string of the molecule is NC1(c2ccc(-n3cc(Cl)cn3)cc2)CC1. The molecule has 0 bridgehead atoms. The monoisotopic (exact) mass is 233 g/mol. The minimum absolute atomic E-state index is 0.0692. The molecule has 1 heterocycles. The highest BCUT2D eigenvalue weighted by Gasteiger charge is 2.39. The van der Waals surface area contributed by atoms with E-state index in [-0.39, 0.29) is 5.54 Å². The molecule has 0 spiro atoms. The Bertz CT molecular complexity index is 511. The minimum atomic E-state index is -0.0692. The average Bonchev–Trinajstić information content (AvgIpc) is 2.89. The third-order valence-corrected chi connectivity index (χ3v) is 3.24. The van der Waals surface area contributed by atoms with Gasteiger partial charge < -0.3 is 5.73 Å². The topological polar surface area (TPSA) is 43.8 Å². The van der Waals surface area contributed by atoms with Gasteiger partial charge in [0.2, 0.25) is 0 Å². The van der Waals surface area contributed by atoms with Crippen molar-refractivity contribution in [1.29, 1.82) is 0 Å². The Labute approximate surface area is 98.8 Å². The van der Waals surface area contributed by atoms with Crippen LogP contribution in [0.1, 0.15) is 18.4 Å². The Kier molecular flexibility index (Phi) is 2.06. The van der Waals surface area contributed by atoms with Crippen LogP contribution in [0.4, 0.5) is 0 Å². The third kappa shape index (κ3) is 1.62. The van der Waals surface area contributed by atoms with E-state index in [0.717, 1.165) is 18.5 Å². The van der Waals surface area contributed by atoms with Crippen molar-refractivity contribution >= 4 is 11.6 Å². The number of benzene rings is 1. The summed E-state index contributed by atoms with van der Waals surface area (Å²) in [5.41, 5.74) is 8.25. The zero-order chi connectivity index (χ0) is 11.2. The first-order valence-electron chi connectivity index (χ1n) is 5.27. The van der Waals surface area contributed by atoms with E-state index in [1.807, 2.05) is 12.1 Å². The van der Waals surface area contributed by atoms with Crippen LogP contribution in [0.3, 0.4) is 0 Å². The second kappa shape index (κ2) is 3.34. The summed E-state index contributed by atoms with van der Waals surface area (Å²) in [6.07, 6.45) is 5.58. The van der Waals surface area contributed by atoms with Gasteiger partial charge in [-0.25, -0.2) is 4.68 Å². The zero-order valence-electron chi connectivity index (χ0n) is 8.73. The lowest BCUT2D eigenvalue weighted by atomic mass is 10.1. The number of nitrogens with two attached hydrogens (primary N) is 1. The van der Waals surface area contributed by atoms with E-state index in [0.29, 0.717) is 5.02 Å². The molecule has 4 heteroatoms. The smallest absolute Gasteiger partial charge is 0.0790 e. The standard InChI is InChI=1S/C12H12ClN3/c13-10-7-15-16(8-10)11-3-1-9(2-4-11)12(14)5-6-12/h1-4,7-8H,5-6,14H2. The molecule has 0 radical (unpaired) electrons. The van der Waals surface area contributed by atoms with Crippen LogP contribution in [0, 0.1) is 0 Å². The maximum atomic E-state index is 6.12. The second-order valence-corrected chi connectivity index (χ2v) is 4.74. The summed E-state index contributed by atoms with van der Waals surface area (Å²) in [6, 6.07) is 8.17. The van der Waals surface area contributed by atoms with E-state index >= 15 is 0 Å². The van der Waals surface area contributed by atoms with Crippen molar-refractivity contribution in [3.05, 3.63) is 47.2 Å². The molecule has 1 saturated carbocycles. The Morgan fingerprint density at radius 1 is 1.25 bits per heavy atom. The van der Waals surface area contributed by atoms with Crippen molar-refractivity contribution in [2.45, 2.75) is 18.4 Å². The predicted octanol–water partition coefficient (Wildman–Crippen LogP) is 2.47. The van der Waals surface area contributed by atoms with Gasteiger partial charge in [-0.2, -0.15) is 5.10 Å². The molecule has 0 atom stereocenters. The summed E-state index contributed by atoms with van der Waals surface area (Å²) in [5, 5.41) is 4.79. The molecule has 0 aliphatic heterocycles. The van der Waals surface area contributed by atoms with Crippen LogP contribution in [0.25, 0.3) is 5.69 Å². The fraction of sp³-hybridized carbons (Fsp3) is 0.250. The van der Waals surface area contributed by atoms with Gasteiger partial charge in [-0.15, -0.1) is 0 Å². The largest absolute Gasteiger partial charge is 0.321 e. The minimum Gasteiger partial charge on any atom is -0.321 e. The molecule has 2 aromatic rings. The van der Waals surface area contributed by atoms with Crippen LogP contribution < -0.4 is 5.73 Å². The number of hydrogen-bond acceptors (Lipinski definition) is 2.